The molecule has 0 bridgehead atoms. The van der Waals surface area contributed by atoms with Gasteiger partial charge in [-0.05, 0) is 72.8 Å². The molecule has 0 radical (unpaired) electrons. The molecule has 26 heavy (non-hydrogen) atoms. The predicted octanol–water partition coefficient (Wildman–Crippen LogP) is 4.31. The lowest BCUT2D eigenvalue weighted by molar-refractivity contribution is -0.152. The van der Waals surface area contributed by atoms with Crippen LogP contribution >= 0.6 is 0 Å². The average molecular weight is 354 g/mol. The van der Waals surface area contributed by atoms with Crippen molar-refractivity contribution >= 4 is 17.5 Å². The Hall–Kier alpha value is -2.10. The molecule has 0 heterocycles. The van der Waals surface area contributed by atoms with Gasteiger partial charge in [0.2, 0.25) is 0 Å². The largest absolute Gasteiger partial charge is 0.462 e. The topological polar surface area (TPSA) is 52.6 Å². The quantitative estimate of drug-likeness (QED) is 0.587. The van der Waals surface area contributed by atoms with Crippen LogP contribution < -0.4 is 4.74 Å². The molecule has 3 aliphatic rings. The minimum atomic E-state index is -0.284. The van der Waals surface area contributed by atoms with Crippen LogP contribution in [0.5, 0.6) is 5.75 Å². The van der Waals surface area contributed by atoms with Gasteiger partial charge in [-0.2, -0.15) is 0 Å². The number of hydrogen-bond donors (Lipinski definition) is 0. The van der Waals surface area contributed by atoms with Gasteiger partial charge in [-0.3, -0.25) is 9.59 Å². The smallest absolute Gasteiger partial charge is 0.308 e. The van der Waals surface area contributed by atoms with E-state index in [0.717, 1.165) is 32.1 Å². The first-order valence-corrected chi connectivity index (χ1v) is 9.57. The Morgan fingerprint density at radius 2 is 1.92 bits per heavy atom. The highest BCUT2D eigenvalue weighted by molar-refractivity contribution is 5.75. The summed E-state index contributed by atoms with van der Waals surface area (Å²) >= 11 is 0. The molecule has 0 unspecified atom stereocenters. The molecule has 0 aromatic heterocycles. The van der Waals surface area contributed by atoms with Gasteiger partial charge in [-0.25, -0.2) is 0 Å². The first kappa shape index (κ1) is 17.3. The van der Waals surface area contributed by atoms with Crippen LogP contribution in [0, 0.1) is 17.3 Å². The SMILES string of the molecule is CC(=O)Oc1ccc2c(c1)CC[C@H]1C2=CC[C@@]2(C)[C@@H](OC(C)=O)CC[C@@H]12. The lowest BCUT2D eigenvalue weighted by Crippen LogP contribution is -2.41. The van der Waals surface area contributed by atoms with E-state index in [1.54, 1.807) is 0 Å². The lowest BCUT2D eigenvalue weighted by atomic mass is 9.60. The molecular weight excluding hydrogens is 328 g/mol. The van der Waals surface area contributed by atoms with Crippen molar-refractivity contribution in [3.63, 3.8) is 0 Å². The summed E-state index contributed by atoms with van der Waals surface area (Å²) in [5.41, 5.74) is 4.06. The van der Waals surface area contributed by atoms with Crippen LogP contribution in [0.25, 0.3) is 5.57 Å². The third-order valence-electron chi connectivity index (χ3n) is 6.65. The fourth-order valence-electron chi connectivity index (χ4n) is 5.53. The zero-order valence-electron chi connectivity index (χ0n) is 15.7. The van der Waals surface area contributed by atoms with Crippen LogP contribution in [0.1, 0.15) is 57.6 Å². The molecule has 4 nitrogen and oxygen atoms in total. The Morgan fingerprint density at radius 3 is 2.65 bits per heavy atom. The molecule has 4 rings (SSSR count). The lowest BCUT2D eigenvalue weighted by Gasteiger charge is -2.46. The molecule has 1 fully saturated rings. The van der Waals surface area contributed by atoms with E-state index in [9.17, 15) is 9.59 Å². The number of allylic oxidation sites excluding steroid dienone is 2. The average Bonchev–Trinajstić information content (AvgIpc) is 2.90. The van der Waals surface area contributed by atoms with Gasteiger partial charge < -0.3 is 9.47 Å². The Kier molecular flexibility index (Phi) is 4.17. The molecule has 0 saturated heterocycles. The van der Waals surface area contributed by atoms with E-state index in [-0.39, 0.29) is 23.5 Å². The number of esters is 2. The number of rotatable bonds is 2. The molecule has 1 saturated carbocycles. The molecule has 0 aliphatic heterocycles. The van der Waals surface area contributed by atoms with Gasteiger partial charge in [0.15, 0.2) is 0 Å². The van der Waals surface area contributed by atoms with E-state index in [2.05, 4.69) is 19.1 Å². The van der Waals surface area contributed by atoms with Gasteiger partial charge in [0.25, 0.3) is 0 Å². The van der Waals surface area contributed by atoms with E-state index in [0.29, 0.717) is 17.6 Å². The molecule has 1 aromatic rings. The van der Waals surface area contributed by atoms with E-state index in [1.807, 2.05) is 12.1 Å². The minimum absolute atomic E-state index is 0.0375. The van der Waals surface area contributed by atoms with Crippen LogP contribution in [-0.4, -0.2) is 18.0 Å². The minimum Gasteiger partial charge on any atom is -0.462 e. The van der Waals surface area contributed by atoms with E-state index >= 15 is 0 Å². The monoisotopic (exact) mass is 354 g/mol. The van der Waals surface area contributed by atoms with Gasteiger partial charge in [-0.15, -0.1) is 0 Å². The summed E-state index contributed by atoms with van der Waals surface area (Å²) < 4.78 is 10.9. The number of ether oxygens (including phenoxy) is 2. The van der Waals surface area contributed by atoms with Crippen molar-refractivity contribution in [3.8, 4) is 5.75 Å². The summed E-state index contributed by atoms with van der Waals surface area (Å²) in [7, 11) is 0. The third kappa shape index (κ3) is 2.76. The first-order valence-electron chi connectivity index (χ1n) is 9.57. The van der Waals surface area contributed by atoms with E-state index in [1.165, 1.54) is 30.5 Å². The van der Waals surface area contributed by atoms with Crippen molar-refractivity contribution < 1.29 is 19.1 Å². The van der Waals surface area contributed by atoms with Gasteiger partial charge in [0.1, 0.15) is 11.9 Å². The maximum absolute atomic E-state index is 11.5. The molecule has 1 aromatic carbocycles. The molecule has 138 valence electrons. The highest BCUT2D eigenvalue weighted by Crippen LogP contribution is 2.59. The van der Waals surface area contributed by atoms with Gasteiger partial charge >= 0.3 is 11.9 Å². The number of carbonyl (C=O) groups is 2. The highest BCUT2D eigenvalue weighted by Gasteiger charge is 2.53. The zero-order chi connectivity index (χ0) is 18.5. The maximum atomic E-state index is 11.5. The number of fused-ring (bicyclic) bond motifs is 5. The fraction of sp³-hybridized carbons (Fsp3) is 0.545. The van der Waals surface area contributed by atoms with Gasteiger partial charge in [0.05, 0.1) is 0 Å². The second-order valence-corrected chi connectivity index (χ2v) is 8.21. The Labute approximate surface area is 154 Å². The van der Waals surface area contributed by atoms with Crippen LogP contribution in [0.4, 0.5) is 0 Å². The fourth-order valence-corrected chi connectivity index (χ4v) is 5.53. The Bertz CT molecular complexity index is 793. The van der Waals surface area contributed by atoms with Crippen molar-refractivity contribution in [3.05, 3.63) is 35.4 Å². The van der Waals surface area contributed by atoms with Crippen LogP contribution in [-0.2, 0) is 20.7 Å². The van der Waals surface area contributed by atoms with Crippen LogP contribution in [0.2, 0.25) is 0 Å². The van der Waals surface area contributed by atoms with Crippen molar-refractivity contribution in [2.45, 2.75) is 59.0 Å². The zero-order valence-corrected chi connectivity index (χ0v) is 15.7. The van der Waals surface area contributed by atoms with Crippen molar-refractivity contribution in [1.29, 1.82) is 0 Å². The normalized spacial score (nSPS) is 32.0. The maximum Gasteiger partial charge on any atom is 0.308 e. The van der Waals surface area contributed by atoms with Crippen molar-refractivity contribution in [1.82, 2.24) is 0 Å². The molecule has 0 amide bonds. The predicted molar refractivity (Wildman–Crippen MR) is 98.5 cm³/mol. The van der Waals surface area contributed by atoms with Crippen LogP contribution in [0.3, 0.4) is 0 Å². The van der Waals surface area contributed by atoms with Crippen molar-refractivity contribution in [2.24, 2.45) is 17.3 Å². The molecule has 0 N–H and O–H groups in total. The molecule has 3 aliphatic carbocycles. The molecule has 4 heteroatoms. The van der Waals surface area contributed by atoms with Gasteiger partial charge in [-0.1, -0.05) is 19.1 Å². The molecule has 4 atom stereocenters. The summed E-state index contributed by atoms with van der Waals surface area (Å²) in [6.45, 7) is 5.24. The summed E-state index contributed by atoms with van der Waals surface area (Å²) in [6, 6.07) is 6.01. The number of aryl methyl sites for hydroxylation is 1. The summed E-state index contributed by atoms with van der Waals surface area (Å²) in [5.74, 6) is 1.27. The Morgan fingerprint density at radius 1 is 1.12 bits per heavy atom. The standard InChI is InChI=1S/C22H26O4/c1-13(23)25-16-5-7-17-15(12-16)4-6-19-18(17)10-11-22(3)20(19)8-9-21(22)26-14(2)24/h5,7,10,12,19-21H,4,6,8-9,11H2,1-3H3/t19-,20-,21-,22+/m0/s1. The number of hydrogen-bond acceptors (Lipinski definition) is 4. The van der Waals surface area contributed by atoms with E-state index in [4.69, 9.17) is 9.47 Å². The first-order chi connectivity index (χ1) is 12.4. The summed E-state index contributed by atoms with van der Waals surface area (Å²) in [5, 5.41) is 0. The number of carbonyl (C=O) groups excluding carboxylic acids is 2. The number of benzene rings is 1. The van der Waals surface area contributed by atoms with E-state index < -0.39 is 0 Å². The van der Waals surface area contributed by atoms with Crippen LogP contribution in [0.15, 0.2) is 24.3 Å². The second-order valence-electron chi connectivity index (χ2n) is 8.21. The second kappa shape index (κ2) is 6.26. The third-order valence-corrected chi connectivity index (χ3v) is 6.65. The molecular formula is C22H26O4. The highest BCUT2D eigenvalue weighted by atomic mass is 16.5. The van der Waals surface area contributed by atoms with Gasteiger partial charge in [0, 0.05) is 19.3 Å². The summed E-state index contributed by atoms with van der Waals surface area (Å²) in [4.78, 5) is 22.7. The van der Waals surface area contributed by atoms with Crippen molar-refractivity contribution in [2.75, 3.05) is 0 Å². The Balaban J connectivity index is 1.65. The summed E-state index contributed by atoms with van der Waals surface area (Å²) in [6.07, 6.45) is 7.55. The molecule has 0 spiro atoms.